The number of ether oxygens (including phenoxy) is 1. The summed E-state index contributed by atoms with van der Waals surface area (Å²) in [6.45, 7) is 5.23. The SMILES string of the molecule is CCCC/C(OC)=C(/C)CNC. The van der Waals surface area contributed by atoms with Gasteiger partial charge in [-0.3, -0.25) is 0 Å². The average Bonchev–Trinajstić information content (AvgIpc) is 2.06. The fourth-order valence-electron chi connectivity index (χ4n) is 1.19. The fourth-order valence-corrected chi connectivity index (χ4v) is 1.19. The highest BCUT2D eigenvalue weighted by atomic mass is 16.5. The first-order chi connectivity index (χ1) is 5.76. The summed E-state index contributed by atoms with van der Waals surface area (Å²) in [6, 6.07) is 0. The number of rotatable bonds is 6. The zero-order valence-corrected chi connectivity index (χ0v) is 8.74. The average molecular weight is 171 g/mol. The van der Waals surface area contributed by atoms with Crippen LogP contribution in [0.4, 0.5) is 0 Å². The van der Waals surface area contributed by atoms with E-state index < -0.39 is 0 Å². The van der Waals surface area contributed by atoms with Crippen molar-refractivity contribution in [2.75, 3.05) is 20.7 Å². The van der Waals surface area contributed by atoms with E-state index in [9.17, 15) is 0 Å². The Morgan fingerprint density at radius 1 is 1.42 bits per heavy atom. The van der Waals surface area contributed by atoms with Gasteiger partial charge in [0.2, 0.25) is 0 Å². The number of methoxy groups -OCH3 is 1. The Kier molecular flexibility index (Phi) is 6.87. The topological polar surface area (TPSA) is 21.3 Å². The molecule has 0 unspecified atom stereocenters. The number of hydrogen-bond donors (Lipinski definition) is 1. The van der Waals surface area contributed by atoms with E-state index in [4.69, 9.17) is 4.74 Å². The van der Waals surface area contributed by atoms with Gasteiger partial charge in [0.25, 0.3) is 0 Å². The van der Waals surface area contributed by atoms with Crippen molar-refractivity contribution in [3.63, 3.8) is 0 Å². The predicted octanol–water partition coefficient (Wildman–Crippen LogP) is 2.32. The first-order valence-corrected chi connectivity index (χ1v) is 4.63. The number of allylic oxidation sites excluding steroid dienone is 1. The minimum Gasteiger partial charge on any atom is -0.501 e. The molecule has 0 aliphatic heterocycles. The third-order valence-corrected chi connectivity index (χ3v) is 1.92. The summed E-state index contributed by atoms with van der Waals surface area (Å²) >= 11 is 0. The van der Waals surface area contributed by atoms with Crippen LogP contribution < -0.4 is 5.32 Å². The molecule has 0 bridgehead atoms. The molecule has 2 nitrogen and oxygen atoms in total. The molecule has 72 valence electrons. The van der Waals surface area contributed by atoms with E-state index in [-0.39, 0.29) is 0 Å². The molecule has 0 spiro atoms. The van der Waals surface area contributed by atoms with Gasteiger partial charge in [-0.05, 0) is 26.0 Å². The smallest absolute Gasteiger partial charge is 0.0957 e. The summed E-state index contributed by atoms with van der Waals surface area (Å²) in [7, 11) is 3.71. The maximum Gasteiger partial charge on any atom is 0.0957 e. The second kappa shape index (κ2) is 7.17. The quantitative estimate of drug-likeness (QED) is 0.619. The number of unbranched alkanes of at least 4 members (excludes halogenated alkanes) is 1. The van der Waals surface area contributed by atoms with E-state index in [2.05, 4.69) is 19.2 Å². The van der Waals surface area contributed by atoms with Crippen molar-refractivity contribution < 1.29 is 4.74 Å². The highest BCUT2D eigenvalue weighted by Crippen LogP contribution is 2.12. The molecule has 0 aliphatic carbocycles. The largest absolute Gasteiger partial charge is 0.501 e. The summed E-state index contributed by atoms with van der Waals surface area (Å²) in [6.07, 6.45) is 3.50. The second-order valence-corrected chi connectivity index (χ2v) is 3.04. The van der Waals surface area contributed by atoms with E-state index in [1.165, 1.54) is 18.4 Å². The molecule has 0 aromatic rings. The summed E-state index contributed by atoms with van der Waals surface area (Å²) in [5.41, 5.74) is 1.31. The number of likely N-dealkylation sites (N-methyl/N-ethyl adjacent to an activating group) is 1. The first-order valence-electron chi connectivity index (χ1n) is 4.63. The maximum absolute atomic E-state index is 5.31. The van der Waals surface area contributed by atoms with Gasteiger partial charge >= 0.3 is 0 Å². The lowest BCUT2D eigenvalue weighted by atomic mass is 10.1. The van der Waals surface area contributed by atoms with Crippen LogP contribution in [0.1, 0.15) is 33.1 Å². The molecule has 0 aliphatic rings. The van der Waals surface area contributed by atoms with E-state index in [0.717, 1.165) is 18.7 Å². The second-order valence-electron chi connectivity index (χ2n) is 3.04. The lowest BCUT2D eigenvalue weighted by Gasteiger charge is -2.10. The van der Waals surface area contributed by atoms with Gasteiger partial charge in [0.05, 0.1) is 12.9 Å². The molecule has 0 saturated carbocycles. The molecule has 2 heteroatoms. The van der Waals surface area contributed by atoms with Crippen LogP contribution in [0.15, 0.2) is 11.3 Å². The number of hydrogen-bond acceptors (Lipinski definition) is 2. The molecule has 0 fully saturated rings. The summed E-state index contributed by atoms with van der Waals surface area (Å²) in [4.78, 5) is 0. The van der Waals surface area contributed by atoms with Gasteiger partial charge in [-0.1, -0.05) is 13.3 Å². The van der Waals surface area contributed by atoms with Gasteiger partial charge in [-0.25, -0.2) is 0 Å². The summed E-state index contributed by atoms with van der Waals surface area (Å²) < 4.78 is 5.31. The van der Waals surface area contributed by atoms with E-state index in [0.29, 0.717) is 0 Å². The van der Waals surface area contributed by atoms with Crippen LogP contribution in [-0.2, 0) is 4.74 Å². The standard InChI is InChI=1S/C10H21NO/c1-5-6-7-10(12-4)9(2)8-11-3/h11H,5-8H2,1-4H3/b10-9+. The van der Waals surface area contributed by atoms with Crippen molar-refractivity contribution in [1.29, 1.82) is 0 Å². The van der Waals surface area contributed by atoms with Crippen molar-refractivity contribution in [2.24, 2.45) is 0 Å². The van der Waals surface area contributed by atoms with Crippen LogP contribution in [0.5, 0.6) is 0 Å². The van der Waals surface area contributed by atoms with E-state index in [1.54, 1.807) is 7.11 Å². The molecule has 0 aromatic heterocycles. The molecular weight excluding hydrogens is 150 g/mol. The van der Waals surface area contributed by atoms with Crippen LogP contribution in [0.25, 0.3) is 0 Å². The van der Waals surface area contributed by atoms with Crippen LogP contribution in [0.3, 0.4) is 0 Å². The predicted molar refractivity (Wildman–Crippen MR) is 53.2 cm³/mol. The molecule has 12 heavy (non-hydrogen) atoms. The Bertz CT molecular complexity index is 141. The van der Waals surface area contributed by atoms with E-state index >= 15 is 0 Å². The van der Waals surface area contributed by atoms with E-state index in [1.807, 2.05) is 7.05 Å². The Morgan fingerprint density at radius 2 is 2.08 bits per heavy atom. The van der Waals surface area contributed by atoms with Crippen LogP contribution >= 0.6 is 0 Å². The molecule has 1 N–H and O–H groups in total. The third-order valence-electron chi connectivity index (χ3n) is 1.92. The molecule has 0 saturated heterocycles. The van der Waals surface area contributed by atoms with Gasteiger partial charge in [0.15, 0.2) is 0 Å². The lowest BCUT2D eigenvalue weighted by molar-refractivity contribution is 0.269. The molecule has 0 aromatic carbocycles. The Hall–Kier alpha value is -0.500. The van der Waals surface area contributed by atoms with Crippen LogP contribution in [0.2, 0.25) is 0 Å². The highest BCUT2D eigenvalue weighted by molar-refractivity contribution is 5.07. The fraction of sp³-hybridized carbons (Fsp3) is 0.800. The normalized spacial score (nSPS) is 12.7. The van der Waals surface area contributed by atoms with Crippen molar-refractivity contribution in [3.05, 3.63) is 11.3 Å². The van der Waals surface area contributed by atoms with Crippen LogP contribution in [-0.4, -0.2) is 20.7 Å². The zero-order valence-electron chi connectivity index (χ0n) is 8.74. The van der Waals surface area contributed by atoms with Crippen molar-refractivity contribution in [1.82, 2.24) is 5.32 Å². The van der Waals surface area contributed by atoms with Gasteiger partial charge < -0.3 is 10.1 Å². The van der Waals surface area contributed by atoms with Crippen LogP contribution in [0, 0.1) is 0 Å². The van der Waals surface area contributed by atoms with Gasteiger partial charge in [0, 0.05) is 13.0 Å². The summed E-state index contributed by atoms with van der Waals surface area (Å²) in [5, 5.41) is 3.12. The highest BCUT2D eigenvalue weighted by Gasteiger charge is 2.00. The molecule has 0 heterocycles. The summed E-state index contributed by atoms with van der Waals surface area (Å²) in [5.74, 6) is 1.14. The Balaban J connectivity index is 3.98. The lowest BCUT2D eigenvalue weighted by Crippen LogP contribution is -2.11. The molecule has 0 amide bonds. The van der Waals surface area contributed by atoms with Crippen molar-refractivity contribution in [3.8, 4) is 0 Å². The zero-order chi connectivity index (χ0) is 9.40. The van der Waals surface area contributed by atoms with Crippen molar-refractivity contribution >= 4 is 0 Å². The third kappa shape index (κ3) is 4.39. The molecule has 0 rings (SSSR count). The number of nitrogens with one attached hydrogen (secondary N) is 1. The Morgan fingerprint density at radius 3 is 2.50 bits per heavy atom. The molecule has 0 radical (unpaired) electrons. The molecule has 0 atom stereocenters. The minimum absolute atomic E-state index is 0.923. The van der Waals surface area contributed by atoms with Gasteiger partial charge in [-0.15, -0.1) is 0 Å². The molecular formula is C10H21NO. The van der Waals surface area contributed by atoms with Gasteiger partial charge in [0.1, 0.15) is 0 Å². The monoisotopic (exact) mass is 171 g/mol. The maximum atomic E-state index is 5.31. The first kappa shape index (κ1) is 11.5. The van der Waals surface area contributed by atoms with Crippen molar-refractivity contribution in [2.45, 2.75) is 33.1 Å². The minimum atomic E-state index is 0.923. The van der Waals surface area contributed by atoms with Gasteiger partial charge in [-0.2, -0.15) is 0 Å². The Labute approximate surface area is 76.0 Å².